The van der Waals surface area contributed by atoms with E-state index in [1.54, 1.807) is 0 Å². The molecule has 5 nitrogen and oxygen atoms in total. The Morgan fingerprint density at radius 2 is 2.17 bits per heavy atom. The molecule has 0 saturated heterocycles. The number of aromatic amines is 1. The van der Waals surface area contributed by atoms with Crippen LogP contribution in [0.2, 0.25) is 0 Å². The van der Waals surface area contributed by atoms with Gasteiger partial charge in [0.25, 0.3) is 5.91 Å². The van der Waals surface area contributed by atoms with Crippen molar-refractivity contribution >= 4 is 5.91 Å². The summed E-state index contributed by atoms with van der Waals surface area (Å²) in [6.45, 7) is 1.69. The maximum absolute atomic E-state index is 12.0. The van der Waals surface area contributed by atoms with Gasteiger partial charge in [0.2, 0.25) is 0 Å². The van der Waals surface area contributed by atoms with Crippen molar-refractivity contribution in [2.75, 3.05) is 27.2 Å². The fourth-order valence-corrected chi connectivity index (χ4v) is 2.35. The van der Waals surface area contributed by atoms with E-state index >= 15 is 0 Å². The molecule has 0 spiro atoms. The van der Waals surface area contributed by atoms with E-state index in [9.17, 15) is 4.79 Å². The molecule has 1 aromatic heterocycles. The predicted molar refractivity (Wildman–Crippen MR) is 70.7 cm³/mol. The lowest BCUT2D eigenvalue weighted by atomic mass is 9.96. The van der Waals surface area contributed by atoms with Crippen LogP contribution < -0.4 is 5.32 Å². The first-order valence-corrected chi connectivity index (χ1v) is 6.67. The Hall–Kier alpha value is -1.36. The number of carbonyl (C=O) groups is 1. The monoisotopic (exact) mass is 250 g/mol. The van der Waals surface area contributed by atoms with E-state index < -0.39 is 0 Å². The molecule has 0 unspecified atom stereocenters. The van der Waals surface area contributed by atoms with Crippen molar-refractivity contribution in [1.82, 2.24) is 20.4 Å². The number of amides is 1. The minimum atomic E-state index is -0.0341. The largest absolute Gasteiger partial charge is 0.351 e. The Balaban J connectivity index is 1.87. The summed E-state index contributed by atoms with van der Waals surface area (Å²) in [5.41, 5.74) is 2.89. The molecule has 2 rings (SSSR count). The van der Waals surface area contributed by atoms with E-state index in [1.165, 1.54) is 6.42 Å². The molecular weight excluding hydrogens is 228 g/mol. The zero-order chi connectivity index (χ0) is 13.0. The van der Waals surface area contributed by atoms with Gasteiger partial charge in [-0.25, -0.2) is 0 Å². The van der Waals surface area contributed by atoms with Crippen LogP contribution in [-0.2, 0) is 12.8 Å². The number of hydrogen-bond donors (Lipinski definition) is 2. The third-order valence-electron chi connectivity index (χ3n) is 3.34. The lowest BCUT2D eigenvalue weighted by Gasteiger charge is -2.12. The molecule has 2 N–H and O–H groups in total. The molecule has 0 bridgehead atoms. The average Bonchev–Trinajstić information content (AvgIpc) is 2.78. The highest BCUT2D eigenvalue weighted by molar-refractivity contribution is 5.94. The second-order valence-corrected chi connectivity index (χ2v) is 5.15. The summed E-state index contributed by atoms with van der Waals surface area (Å²) in [7, 11) is 4.07. The molecule has 0 aliphatic heterocycles. The molecule has 1 amide bonds. The minimum absolute atomic E-state index is 0.0341. The number of aromatic nitrogens is 2. The van der Waals surface area contributed by atoms with Crippen molar-refractivity contribution in [2.45, 2.75) is 32.1 Å². The topological polar surface area (TPSA) is 61.0 Å². The van der Waals surface area contributed by atoms with Crippen molar-refractivity contribution in [3.05, 3.63) is 17.0 Å². The highest BCUT2D eigenvalue weighted by atomic mass is 16.1. The van der Waals surface area contributed by atoms with E-state index in [4.69, 9.17) is 0 Å². The molecule has 1 aromatic rings. The van der Waals surface area contributed by atoms with Crippen molar-refractivity contribution in [2.24, 2.45) is 0 Å². The summed E-state index contributed by atoms with van der Waals surface area (Å²) in [5, 5.41) is 10.1. The maximum Gasteiger partial charge on any atom is 0.272 e. The van der Waals surface area contributed by atoms with Gasteiger partial charge in [0.05, 0.1) is 0 Å². The first-order valence-electron chi connectivity index (χ1n) is 6.67. The van der Waals surface area contributed by atoms with E-state index in [1.807, 2.05) is 14.1 Å². The summed E-state index contributed by atoms with van der Waals surface area (Å²) < 4.78 is 0. The van der Waals surface area contributed by atoms with Crippen molar-refractivity contribution in [3.63, 3.8) is 0 Å². The normalized spacial score (nSPS) is 14.6. The molecule has 0 saturated carbocycles. The standard InChI is InChI=1S/C13H22N4O/c1-17(2)9-5-8-14-13(18)12-10-6-3-4-7-11(10)15-16-12/h3-9H2,1-2H3,(H,14,18)(H,15,16). The van der Waals surface area contributed by atoms with Crippen LogP contribution in [0.3, 0.4) is 0 Å². The molecule has 5 heteroatoms. The van der Waals surface area contributed by atoms with Crippen molar-refractivity contribution in [1.29, 1.82) is 0 Å². The maximum atomic E-state index is 12.0. The van der Waals surface area contributed by atoms with E-state index in [0.717, 1.165) is 43.5 Å². The Kier molecular flexibility index (Phi) is 4.36. The van der Waals surface area contributed by atoms with Gasteiger partial charge in [-0.2, -0.15) is 5.10 Å². The fourth-order valence-electron chi connectivity index (χ4n) is 2.35. The van der Waals surface area contributed by atoms with Crippen LogP contribution >= 0.6 is 0 Å². The molecule has 1 aliphatic rings. The van der Waals surface area contributed by atoms with Gasteiger partial charge >= 0.3 is 0 Å². The molecular formula is C13H22N4O. The van der Waals surface area contributed by atoms with E-state index in [-0.39, 0.29) is 5.91 Å². The number of hydrogen-bond acceptors (Lipinski definition) is 3. The molecule has 0 fully saturated rings. The summed E-state index contributed by atoms with van der Waals surface area (Å²) in [6, 6.07) is 0. The van der Waals surface area contributed by atoms with Gasteiger partial charge in [-0.05, 0) is 52.7 Å². The highest BCUT2D eigenvalue weighted by Crippen LogP contribution is 2.21. The zero-order valence-corrected chi connectivity index (χ0v) is 11.3. The Bertz CT molecular complexity index is 411. The van der Waals surface area contributed by atoms with Crippen LogP contribution in [0.1, 0.15) is 41.0 Å². The van der Waals surface area contributed by atoms with Gasteiger partial charge in [-0.3, -0.25) is 9.89 Å². The average molecular weight is 250 g/mol. The Morgan fingerprint density at radius 3 is 2.94 bits per heavy atom. The second kappa shape index (κ2) is 6.00. The van der Waals surface area contributed by atoms with Crippen LogP contribution in [0.5, 0.6) is 0 Å². The van der Waals surface area contributed by atoms with E-state index in [0.29, 0.717) is 12.2 Å². The number of rotatable bonds is 5. The molecule has 0 aromatic carbocycles. The van der Waals surface area contributed by atoms with Gasteiger partial charge < -0.3 is 10.2 Å². The summed E-state index contributed by atoms with van der Waals surface area (Å²) >= 11 is 0. The number of nitrogens with one attached hydrogen (secondary N) is 2. The number of aryl methyl sites for hydroxylation is 1. The molecule has 0 radical (unpaired) electrons. The van der Waals surface area contributed by atoms with Crippen LogP contribution in [0, 0.1) is 0 Å². The summed E-state index contributed by atoms with van der Waals surface area (Å²) in [5.74, 6) is -0.0341. The number of H-pyrrole nitrogens is 1. The second-order valence-electron chi connectivity index (χ2n) is 5.15. The highest BCUT2D eigenvalue weighted by Gasteiger charge is 2.21. The van der Waals surface area contributed by atoms with Gasteiger partial charge in [-0.15, -0.1) is 0 Å². The number of fused-ring (bicyclic) bond motifs is 1. The van der Waals surface area contributed by atoms with Crippen LogP contribution in [0.25, 0.3) is 0 Å². The Morgan fingerprint density at radius 1 is 1.39 bits per heavy atom. The summed E-state index contributed by atoms with van der Waals surface area (Å²) in [6.07, 6.45) is 5.32. The SMILES string of the molecule is CN(C)CCCNC(=O)c1n[nH]c2c1CCCC2. The van der Waals surface area contributed by atoms with Crippen LogP contribution in [0.4, 0.5) is 0 Å². The number of nitrogens with zero attached hydrogens (tertiary/aromatic N) is 2. The Labute approximate surface area is 108 Å². The minimum Gasteiger partial charge on any atom is -0.351 e. The fraction of sp³-hybridized carbons (Fsp3) is 0.692. The van der Waals surface area contributed by atoms with Crippen molar-refractivity contribution < 1.29 is 4.79 Å². The lowest BCUT2D eigenvalue weighted by molar-refractivity contribution is 0.0946. The van der Waals surface area contributed by atoms with Crippen LogP contribution in [0.15, 0.2) is 0 Å². The summed E-state index contributed by atoms with van der Waals surface area (Å²) in [4.78, 5) is 14.1. The van der Waals surface area contributed by atoms with E-state index in [2.05, 4.69) is 20.4 Å². The van der Waals surface area contributed by atoms with Crippen molar-refractivity contribution in [3.8, 4) is 0 Å². The van der Waals surface area contributed by atoms with Gasteiger partial charge in [0.1, 0.15) is 0 Å². The number of carbonyl (C=O) groups excluding carboxylic acids is 1. The predicted octanol–water partition coefficient (Wildman–Crippen LogP) is 0.970. The third-order valence-corrected chi connectivity index (χ3v) is 3.34. The molecule has 1 aliphatic carbocycles. The van der Waals surface area contributed by atoms with Gasteiger partial charge in [-0.1, -0.05) is 0 Å². The smallest absolute Gasteiger partial charge is 0.272 e. The molecule has 1 heterocycles. The molecule has 0 atom stereocenters. The quantitative estimate of drug-likeness (QED) is 0.766. The zero-order valence-electron chi connectivity index (χ0n) is 11.3. The third kappa shape index (κ3) is 3.10. The molecule has 18 heavy (non-hydrogen) atoms. The first kappa shape index (κ1) is 13.1. The first-order chi connectivity index (χ1) is 8.68. The van der Waals surface area contributed by atoms with Gasteiger partial charge in [0, 0.05) is 17.8 Å². The van der Waals surface area contributed by atoms with Crippen LogP contribution in [-0.4, -0.2) is 48.2 Å². The lowest BCUT2D eigenvalue weighted by Crippen LogP contribution is -2.28. The molecule has 100 valence electrons. The van der Waals surface area contributed by atoms with Gasteiger partial charge in [0.15, 0.2) is 5.69 Å².